The van der Waals surface area contributed by atoms with E-state index in [-0.39, 0.29) is 24.3 Å². The van der Waals surface area contributed by atoms with Gasteiger partial charge in [-0.2, -0.15) is 17.9 Å². The van der Waals surface area contributed by atoms with Gasteiger partial charge in [0, 0.05) is 6.04 Å². The van der Waals surface area contributed by atoms with Crippen molar-refractivity contribution in [3.8, 4) is 0 Å². The first kappa shape index (κ1) is 16.5. The van der Waals surface area contributed by atoms with Crippen LogP contribution in [0.3, 0.4) is 0 Å². The Balaban J connectivity index is 2.74. The van der Waals surface area contributed by atoms with Gasteiger partial charge in [-0.3, -0.25) is 5.10 Å². The van der Waals surface area contributed by atoms with E-state index in [1.165, 1.54) is 0 Å². The van der Waals surface area contributed by atoms with Crippen LogP contribution >= 0.6 is 0 Å². The van der Waals surface area contributed by atoms with Crippen LogP contribution in [-0.4, -0.2) is 42.2 Å². The van der Waals surface area contributed by atoms with Gasteiger partial charge in [-0.15, -0.1) is 5.10 Å². The largest absolute Gasteiger partial charge is 0.460 e. The monoisotopic (exact) mass is 305 g/mol. The first-order valence-corrected chi connectivity index (χ1v) is 7.62. The average Bonchev–Trinajstić information content (AvgIpc) is 2.75. The highest BCUT2D eigenvalue weighted by molar-refractivity contribution is 7.87. The smallest absolute Gasteiger partial charge is 0.378 e. The van der Waals surface area contributed by atoms with E-state index in [0.29, 0.717) is 0 Å². The van der Waals surface area contributed by atoms with Gasteiger partial charge in [0.05, 0.1) is 12.6 Å². The van der Waals surface area contributed by atoms with Crippen molar-refractivity contribution < 1.29 is 17.9 Å². The molecule has 10 heteroatoms. The lowest BCUT2D eigenvalue weighted by Gasteiger charge is -2.14. The van der Waals surface area contributed by atoms with Crippen molar-refractivity contribution in [3.05, 3.63) is 11.6 Å². The third-order valence-electron chi connectivity index (χ3n) is 2.09. The molecule has 1 rings (SSSR count). The topological polar surface area (TPSA) is 126 Å². The predicted molar refractivity (Wildman–Crippen MR) is 71.1 cm³/mol. The highest BCUT2D eigenvalue weighted by Gasteiger charge is 2.21. The van der Waals surface area contributed by atoms with E-state index < -0.39 is 22.2 Å². The van der Waals surface area contributed by atoms with Crippen LogP contribution in [0.4, 0.5) is 0 Å². The van der Waals surface area contributed by atoms with Crippen molar-refractivity contribution in [3.63, 3.8) is 0 Å². The third kappa shape index (κ3) is 4.87. The molecule has 114 valence electrons. The molecule has 0 aliphatic carbocycles. The van der Waals surface area contributed by atoms with Gasteiger partial charge in [-0.25, -0.2) is 9.78 Å². The molecule has 1 atom stereocenters. The number of carbonyl (C=O) groups is 1. The van der Waals surface area contributed by atoms with Gasteiger partial charge in [0.1, 0.15) is 5.82 Å². The van der Waals surface area contributed by atoms with Crippen LogP contribution in [0.2, 0.25) is 0 Å². The van der Waals surface area contributed by atoms with E-state index in [1.54, 1.807) is 27.7 Å². The standard InChI is InChI=1S/C10H19N5O4S/c1-5-19-10(16)9-11-8(12-13-9)7(4)15-20(17,18)14-6(2)3/h6-7,14-15H,5H2,1-4H3,(H,11,12,13). The Labute approximate surface area is 117 Å². The molecule has 9 nitrogen and oxygen atoms in total. The van der Waals surface area contributed by atoms with E-state index in [0.717, 1.165) is 0 Å². The van der Waals surface area contributed by atoms with Crippen LogP contribution in [0, 0.1) is 0 Å². The SMILES string of the molecule is CCOC(=O)c1n[nH]c(C(C)NS(=O)(=O)NC(C)C)n1. The molecule has 1 aromatic heterocycles. The summed E-state index contributed by atoms with van der Waals surface area (Å²) in [5, 5.41) is 6.18. The van der Waals surface area contributed by atoms with Crippen molar-refractivity contribution in [1.82, 2.24) is 24.6 Å². The minimum atomic E-state index is -3.65. The Morgan fingerprint density at radius 2 is 2.00 bits per heavy atom. The van der Waals surface area contributed by atoms with Crippen LogP contribution in [0.5, 0.6) is 0 Å². The molecular weight excluding hydrogens is 286 g/mol. The number of aromatic amines is 1. The van der Waals surface area contributed by atoms with E-state index in [2.05, 4.69) is 24.6 Å². The van der Waals surface area contributed by atoms with Crippen LogP contribution < -0.4 is 9.44 Å². The highest BCUT2D eigenvalue weighted by atomic mass is 32.2. The molecule has 0 fully saturated rings. The molecule has 1 aromatic rings. The maximum atomic E-state index is 11.7. The molecule has 0 saturated carbocycles. The zero-order valence-electron chi connectivity index (χ0n) is 11.8. The highest BCUT2D eigenvalue weighted by Crippen LogP contribution is 2.08. The van der Waals surface area contributed by atoms with Crippen LogP contribution in [-0.2, 0) is 14.9 Å². The fourth-order valence-electron chi connectivity index (χ4n) is 1.39. The molecule has 0 aliphatic rings. The Morgan fingerprint density at radius 1 is 1.35 bits per heavy atom. The fourth-order valence-corrected chi connectivity index (χ4v) is 2.65. The number of rotatable bonds is 7. The zero-order valence-corrected chi connectivity index (χ0v) is 12.6. The van der Waals surface area contributed by atoms with Gasteiger partial charge in [-0.1, -0.05) is 0 Å². The summed E-state index contributed by atoms with van der Waals surface area (Å²) >= 11 is 0. The fraction of sp³-hybridized carbons (Fsp3) is 0.700. The first-order chi connectivity index (χ1) is 9.25. The number of ether oxygens (including phenoxy) is 1. The maximum absolute atomic E-state index is 11.7. The summed E-state index contributed by atoms with van der Waals surface area (Å²) in [6, 6.07) is -0.897. The van der Waals surface area contributed by atoms with E-state index in [4.69, 9.17) is 4.74 Å². The normalized spacial score (nSPS) is 13.4. The molecule has 0 bridgehead atoms. The zero-order chi connectivity index (χ0) is 15.3. The first-order valence-electron chi connectivity index (χ1n) is 6.14. The Bertz CT molecular complexity index is 554. The van der Waals surface area contributed by atoms with Crippen molar-refractivity contribution in [1.29, 1.82) is 0 Å². The average molecular weight is 305 g/mol. The number of hydrogen-bond donors (Lipinski definition) is 3. The lowest BCUT2D eigenvalue weighted by molar-refractivity contribution is 0.0512. The maximum Gasteiger partial charge on any atom is 0.378 e. The quantitative estimate of drug-likeness (QED) is 0.603. The molecule has 3 N–H and O–H groups in total. The Morgan fingerprint density at radius 3 is 2.55 bits per heavy atom. The van der Waals surface area contributed by atoms with E-state index >= 15 is 0 Å². The summed E-state index contributed by atoms with van der Waals surface area (Å²) in [6.45, 7) is 6.87. The van der Waals surface area contributed by atoms with Crippen LogP contribution in [0.1, 0.15) is 50.2 Å². The number of aromatic nitrogens is 3. The second-order valence-electron chi connectivity index (χ2n) is 4.38. The summed E-state index contributed by atoms with van der Waals surface area (Å²) in [4.78, 5) is 15.3. The lowest BCUT2D eigenvalue weighted by atomic mass is 10.3. The summed E-state index contributed by atoms with van der Waals surface area (Å²) in [6.07, 6.45) is 0. The number of hydrogen-bond acceptors (Lipinski definition) is 6. The Hall–Kier alpha value is -1.52. The second-order valence-corrected chi connectivity index (χ2v) is 5.86. The third-order valence-corrected chi connectivity index (χ3v) is 3.54. The van der Waals surface area contributed by atoms with E-state index in [1.807, 2.05) is 0 Å². The molecule has 0 aromatic carbocycles. The summed E-state index contributed by atoms with van der Waals surface area (Å²) < 4.78 is 32.9. The molecule has 0 spiro atoms. The van der Waals surface area contributed by atoms with Gasteiger partial charge >= 0.3 is 5.97 Å². The molecule has 0 saturated heterocycles. The summed E-state index contributed by atoms with van der Waals surface area (Å²) in [5.41, 5.74) is 0. The van der Waals surface area contributed by atoms with Crippen molar-refractivity contribution in [2.24, 2.45) is 0 Å². The second kappa shape index (κ2) is 6.77. The van der Waals surface area contributed by atoms with Crippen molar-refractivity contribution >= 4 is 16.2 Å². The lowest BCUT2D eigenvalue weighted by Crippen LogP contribution is -2.41. The predicted octanol–water partition coefficient (Wildman–Crippen LogP) is -0.125. The van der Waals surface area contributed by atoms with Crippen LogP contribution in [0.15, 0.2) is 0 Å². The number of nitrogens with zero attached hydrogens (tertiary/aromatic N) is 2. The van der Waals surface area contributed by atoms with Gasteiger partial charge in [-0.05, 0) is 27.7 Å². The van der Waals surface area contributed by atoms with Gasteiger partial charge in [0.15, 0.2) is 0 Å². The van der Waals surface area contributed by atoms with Gasteiger partial charge < -0.3 is 4.74 Å². The molecule has 1 heterocycles. The number of esters is 1. The molecular formula is C10H19N5O4S. The molecule has 0 amide bonds. The van der Waals surface area contributed by atoms with Crippen molar-refractivity contribution in [2.75, 3.05) is 6.61 Å². The summed E-state index contributed by atoms with van der Waals surface area (Å²) in [5.74, 6) is -0.572. The number of H-pyrrole nitrogens is 1. The van der Waals surface area contributed by atoms with Crippen molar-refractivity contribution in [2.45, 2.75) is 39.8 Å². The minimum absolute atomic E-state index is 0.135. The summed E-state index contributed by atoms with van der Waals surface area (Å²) in [7, 11) is -3.65. The Kier molecular flexibility index (Phi) is 5.60. The molecule has 0 radical (unpaired) electrons. The molecule has 20 heavy (non-hydrogen) atoms. The van der Waals surface area contributed by atoms with Crippen LogP contribution in [0.25, 0.3) is 0 Å². The van der Waals surface area contributed by atoms with E-state index in [9.17, 15) is 13.2 Å². The molecule has 0 aliphatic heterocycles. The molecule has 1 unspecified atom stereocenters. The number of carbonyl (C=O) groups excluding carboxylic acids is 1. The van der Waals surface area contributed by atoms with Gasteiger partial charge in [0.2, 0.25) is 0 Å². The number of nitrogens with one attached hydrogen (secondary N) is 3. The minimum Gasteiger partial charge on any atom is -0.460 e. The van der Waals surface area contributed by atoms with Gasteiger partial charge in [0.25, 0.3) is 16.0 Å².